The van der Waals surface area contributed by atoms with Crippen molar-refractivity contribution in [2.45, 2.75) is 77.2 Å². The van der Waals surface area contributed by atoms with Gasteiger partial charge in [0.1, 0.15) is 0 Å². The smallest absolute Gasteiger partial charge is 0.303 e. The van der Waals surface area contributed by atoms with Crippen LogP contribution in [0.1, 0.15) is 77.2 Å². The van der Waals surface area contributed by atoms with Gasteiger partial charge in [0.2, 0.25) is 0 Å². The maximum absolute atomic E-state index is 13.2. The van der Waals surface area contributed by atoms with E-state index in [1.165, 1.54) is 29.2 Å². The number of allylic oxidation sites excluding steroid dienone is 4. The molecule has 180 valence electrons. The number of Topliss-reactive ketones (excluding diaryl/α,β-unsaturated/α-hetero) is 1. The van der Waals surface area contributed by atoms with Crippen LogP contribution in [0.2, 0.25) is 0 Å². The van der Waals surface area contributed by atoms with Gasteiger partial charge in [0.15, 0.2) is 17.2 Å². The minimum Gasteiger partial charge on any atom is -0.451 e. The van der Waals surface area contributed by atoms with Crippen molar-refractivity contribution < 1.29 is 19.1 Å². The molecule has 34 heavy (non-hydrogen) atoms. The van der Waals surface area contributed by atoms with E-state index in [-0.39, 0.29) is 29.4 Å². The summed E-state index contributed by atoms with van der Waals surface area (Å²) >= 11 is 0. The minimum atomic E-state index is -1.07. The zero-order chi connectivity index (χ0) is 24.3. The molecule has 0 amide bonds. The Morgan fingerprint density at radius 2 is 1.79 bits per heavy atom. The van der Waals surface area contributed by atoms with Gasteiger partial charge >= 0.3 is 5.97 Å². The van der Waals surface area contributed by atoms with Crippen molar-refractivity contribution in [3.05, 3.63) is 52.6 Å². The van der Waals surface area contributed by atoms with Gasteiger partial charge in [-0.05, 0) is 92.2 Å². The Morgan fingerprint density at radius 1 is 1.06 bits per heavy atom. The van der Waals surface area contributed by atoms with Gasteiger partial charge in [-0.1, -0.05) is 24.6 Å². The summed E-state index contributed by atoms with van der Waals surface area (Å²) in [7, 11) is 1.91. The van der Waals surface area contributed by atoms with Crippen molar-refractivity contribution in [1.82, 2.24) is 0 Å². The molecular formula is C29H35NO4. The molecule has 2 saturated carbocycles. The molecule has 0 radical (unpaired) electrons. The molecule has 5 heteroatoms. The number of hydrogen-bond acceptors (Lipinski definition) is 5. The number of benzene rings is 1. The number of hydrogen-bond donors (Lipinski definition) is 1. The van der Waals surface area contributed by atoms with Crippen molar-refractivity contribution in [3.8, 4) is 0 Å². The molecule has 1 aromatic carbocycles. The van der Waals surface area contributed by atoms with Crippen molar-refractivity contribution in [1.29, 1.82) is 0 Å². The summed E-state index contributed by atoms with van der Waals surface area (Å²) in [5.74, 6) is 0.579. The number of ketones is 2. The third-order valence-corrected chi connectivity index (χ3v) is 9.34. The van der Waals surface area contributed by atoms with E-state index >= 15 is 0 Å². The summed E-state index contributed by atoms with van der Waals surface area (Å²) in [6.45, 7) is 5.21. The van der Waals surface area contributed by atoms with Gasteiger partial charge in [-0.2, -0.15) is 0 Å². The van der Waals surface area contributed by atoms with E-state index in [1.807, 2.05) is 13.1 Å². The van der Waals surface area contributed by atoms with Gasteiger partial charge in [0, 0.05) is 37.4 Å². The SMILES string of the molecule is CNc1ccc(C2C[C@@]3(C)[C@@H](CC[C@]3(OC(C)=O)C(C)=O)[C@@H]3CCC4=CC(=O)CCC4=C23)cc1. The van der Waals surface area contributed by atoms with Crippen LogP contribution >= 0.6 is 0 Å². The highest BCUT2D eigenvalue weighted by atomic mass is 16.6. The number of ether oxygens (including phenoxy) is 1. The van der Waals surface area contributed by atoms with Crippen LogP contribution in [0.15, 0.2) is 47.1 Å². The standard InChI is InChI=1S/C29H35NO4/c1-17(31)29(34-18(2)32)14-13-26-24-11-7-20-15-22(33)10-12-23(20)27(24)25(16-28(26,29)3)19-5-8-21(30-4)9-6-19/h5-6,8-9,15,24-26,30H,7,10-14,16H2,1-4H3/t24-,25?,26-,28-,29-/m0/s1. The minimum absolute atomic E-state index is 0.0345. The Hall–Kier alpha value is -2.69. The van der Waals surface area contributed by atoms with E-state index in [0.717, 1.165) is 37.8 Å². The monoisotopic (exact) mass is 461 g/mol. The zero-order valence-electron chi connectivity index (χ0n) is 20.7. The highest BCUT2D eigenvalue weighted by molar-refractivity contribution is 5.93. The molecule has 0 bridgehead atoms. The molecule has 5 rings (SSSR count). The van der Waals surface area contributed by atoms with E-state index in [1.54, 1.807) is 6.92 Å². The van der Waals surface area contributed by atoms with Crippen LogP contribution in [0.5, 0.6) is 0 Å². The van der Waals surface area contributed by atoms with Crippen LogP contribution in [-0.2, 0) is 19.1 Å². The van der Waals surface area contributed by atoms with Gasteiger partial charge in [0.25, 0.3) is 0 Å². The average molecular weight is 462 g/mol. The predicted octanol–water partition coefficient (Wildman–Crippen LogP) is 5.52. The van der Waals surface area contributed by atoms with E-state index in [2.05, 4.69) is 36.5 Å². The second-order valence-corrected chi connectivity index (χ2v) is 10.9. The largest absolute Gasteiger partial charge is 0.451 e. The number of rotatable bonds is 4. The summed E-state index contributed by atoms with van der Waals surface area (Å²) < 4.78 is 5.98. The Bertz CT molecular complexity index is 1110. The fraction of sp³-hybridized carbons (Fsp3) is 0.552. The fourth-order valence-corrected chi connectivity index (χ4v) is 7.89. The summed E-state index contributed by atoms with van der Waals surface area (Å²) in [6, 6.07) is 8.58. The van der Waals surface area contributed by atoms with E-state index < -0.39 is 11.0 Å². The fourth-order valence-electron chi connectivity index (χ4n) is 7.89. The number of carbonyl (C=O) groups is 3. The third-order valence-electron chi connectivity index (χ3n) is 9.34. The molecule has 5 nitrogen and oxygen atoms in total. The highest BCUT2D eigenvalue weighted by Crippen LogP contribution is 2.67. The summed E-state index contributed by atoms with van der Waals surface area (Å²) in [6.07, 6.45) is 7.40. The zero-order valence-corrected chi connectivity index (χ0v) is 20.7. The van der Waals surface area contributed by atoms with Gasteiger partial charge in [0.05, 0.1) is 0 Å². The van der Waals surface area contributed by atoms with Crippen molar-refractivity contribution >= 4 is 23.2 Å². The maximum Gasteiger partial charge on any atom is 0.303 e. The Kier molecular flexibility index (Phi) is 5.57. The van der Waals surface area contributed by atoms with Crippen molar-refractivity contribution in [2.24, 2.45) is 17.3 Å². The number of carbonyl (C=O) groups excluding carboxylic acids is 3. The molecular weight excluding hydrogens is 426 g/mol. The molecule has 0 aromatic heterocycles. The highest BCUT2D eigenvalue weighted by Gasteiger charge is 2.67. The van der Waals surface area contributed by atoms with E-state index in [0.29, 0.717) is 18.8 Å². The summed E-state index contributed by atoms with van der Waals surface area (Å²) in [5, 5.41) is 3.20. The Labute approximate surface area is 202 Å². The molecule has 5 atom stereocenters. The molecule has 0 saturated heterocycles. The van der Waals surface area contributed by atoms with Crippen LogP contribution < -0.4 is 5.32 Å². The lowest BCUT2D eigenvalue weighted by Gasteiger charge is -2.55. The molecule has 1 aromatic rings. The van der Waals surface area contributed by atoms with Crippen LogP contribution in [0.3, 0.4) is 0 Å². The quantitative estimate of drug-likeness (QED) is 0.598. The maximum atomic E-state index is 13.2. The lowest BCUT2D eigenvalue weighted by Crippen LogP contribution is -2.57. The number of anilines is 1. The summed E-state index contributed by atoms with van der Waals surface area (Å²) in [5.41, 5.74) is 4.87. The van der Waals surface area contributed by atoms with Gasteiger partial charge in [-0.3, -0.25) is 14.4 Å². The first kappa shape index (κ1) is 23.1. The predicted molar refractivity (Wildman–Crippen MR) is 131 cm³/mol. The lowest BCUT2D eigenvalue weighted by molar-refractivity contribution is -0.182. The Balaban J connectivity index is 1.69. The number of esters is 1. The van der Waals surface area contributed by atoms with E-state index in [4.69, 9.17) is 4.74 Å². The normalized spacial score (nSPS) is 34.5. The van der Waals surface area contributed by atoms with Crippen molar-refractivity contribution in [2.75, 3.05) is 12.4 Å². The molecule has 4 aliphatic carbocycles. The first-order valence-corrected chi connectivity index (χ1v) is 12.6. The molecule has 0 heterocycles. The number of fused-ring (bicyclic) bond motifs is 4. The van der Waals surface area contributed by atoms with Crippen LogP contribution in [0, 0.1) is 17.3 Å². The van der Waals surface area contributed by atoms with Gasteiger partial charge in [-0.15, -0.1) is 0 Å². The molecule has 1 N–H and O–H groups in total. The van der Waals surface area contributed by atoms with Crippen LogP contribution in [0.4, 0.5) is 5.69 Å². The molecule has 0 aliphatic heterocycles. The number of nitrogens with one attached hydrogen (secondary N) is 1. The second kappa shape index (κ2) is 8.21. The Morgan fingerprint density at radius 3 is 2.44 bits per heavy atom. The first-order valence-electron chi connectivity index (χ1n) is 12.6. The molecule has 1 unspecified atom stereocenters. The average Bonchev–Trinajstić information content (AvgIpc) is 3.10. The molecule has 0 spiro atoms. The first-order chi connectivity index (χ1) is 16.2. The van der Waals surface area contributed by atoms with Crippen LogP contribution in [0.25, 0.3) is 0 Å². The van der Waals surface area contributed by atoms with E-state index in [9.17, 15) is 14.4 Å². The summed E-state index contributed by atoms with van der Waals surface area (Å²) in [4.78, 5) is 37.6. The molecule has 4 aliphatic rings. The lowest BCUT2D eigenvalue weighted by atomic mass is 9.50. The second-order valence-electron chi connectivity index (χ2n) is 10.9. The topological polar surface area (TPSA) is 72.5 Å². The van der Waals surface area contributed by atoms with Crippen LogP contribution in [-0.4, -0.2) is 30.2 Å². The van der Waals surface area contributed by atoms with Gasteiger partial charge < -0.3 is 10.1 Å². The third kappa shape index (κ3) is 3.30. The molecule has 2 fully saturated rings. The van der Waals surface area contributed by atoms with Crippen molar-refractivity contribution in [3.63, 3.8) is 0 Å². The van der Waals surface area contributed by atoms with Gasteiger partial charge in [-0.25, -0.2) is 0 Å².